The molecule has 15 heavy (non-hydrogen) atoms. The number of nitrogens with one attached hydrogen (secondary N) is 1. The minimum atomic E-state index is -3.40. The summed E-state index contributed by atoms with van der Waals surface area (Å²) in [7, 11) is -3.40. The Bertz CT molecular complexity index is 385. The summed E-state index contributed by atoms with van der Waals surface area (Å²) in [6.07, 6.45) is 3.50. The molecule has 0 aromatic carbocycles. The van der Waals surface area contributed by atoms with Gasteiger partial charge in [-0.1, -0.05) is 13.8 Å². The molecule has 0 spiro atoms. The van der Waals surface area contributed by atoms with E-state index >= 15 is 0 Å². The summed E-state index contributed by atoms with van der Waals surface area (Å²) in [6.45, 7) is 6.17. The number of H-pyrrole nitrogens is 1. The molecule has 1 unspecified atom stereocenters. The molecule has 0 saturated carbocycles. The second-order valence-corrected chi connectivity index (χ2v) is 5.24. The van der Waals surface area contributed by atoms with Crippen LogP contribution in [0, 0.1) is 0 Å². The lowest BCUT2D eigenvalue weighted by Gasteiger charge is -2.25. The number of nitrogens with zero attached hydrogens (tertiary/aromatic N) is 2. The highest BCUT2D eigenvalue weighted by atomic mass is 32.2. The summed E-state index contributed by atoms with van der Waals surface area (Å²) in [5.41, 5.74) is 0. The van der Waals surface area contributed by atoms with E-state index in [-0.39, 0.29) is 11.1 Å². The van der Waals surface area contributed by atoms with Gasteiger partial charge < -0.3 is 4.98 Å². The van der Waals surface area contributed by atoms with Crippen molar-refractivity contribution in [1.29, 1.82) is 0 Å². The monoisotopic (exact) mass is 231 g/mol. The van der Waals surface area contributed by atoms with Crippen molar-refractivity contribution in [2.45, 2.75) is 38.3 Å². The van der Waals surface area contributed by atoms with Crippen molar-refractivity contribution in [2.75, 3.05) is 6.54 Å². The van der Waals surface area contributed by atoms with Crippen LogP contribution in [0.1, 0.15) is 27.2 Å². The van der Waals surface area contributed by atoms with Crippen molar-refractivity contribution < 1.29 is 8.42 Å². The van der Waals surface area contributed by atoms with Crippen LogP contribution < -0.4 is 0 Å². The maximum atomic E-state index is 12.1. The first-order valence-corrected chi connectivity index (χ1v) is 6.48. The summed E-state index contributed by atoms with van der Waals surface area (Å²) in [6, 6.07) is 0.00306. The summed E-state index contributed by atoms with van der Waals surface area (Å²) in [4.78, 5) is 6.36. The Hall–Kier alpha value is -0.880. The predicted octanol–water partition coefficient (Wildman–Crippen LogP) is 1.22. The number of hydrogen-bond donors (Lipinski definition) is 1. The van der Waals surface area contributed by atoms with Crippen molar-refractivity contribution in [2.24, 2.45) is 0 Å². The van der Waals surface area contributed by atoms with Gasteiger partial charge in [0.2, 0.25) is 0 Å². The number of sulfonamides is 1. The maximum absolute atomic E-state index is 12.1. The highest BCUT2D eigenvalue weighted by Gasteiger charge is 2.27. The molecule has 5 nitrogen and oxygen atoms in total. The van der Waals surface area contributed by atoms with Crippen LogP contribution in [0.4, 0.5) is 0 Å². The summed E-state index contributed by atoms with van der Waals surface area (Å²) in [5.74, 6) is 0. The molecule has 0 bridgehead atoms. The Morgan fingerprint density at radius 1 is 1.53 bits per heavy atom. The molecule has 1 N–H and O–H groups in total. The van der Waals surface area contributed by atoms with Gasteiger partial charge in [0.25, 0.3) is 10.0 Å². The number of hydrogen-bond acceptors (Lipinski definition) is 3. The lowest BCUT2D eigenvalue weighted by atomic mass is 10.3. The average molecular weight is 231 g/mol. The van der Waals surface area contributed by atoms with Gasteiger partial charge in [-0.15, -0.1) is 0 Å². The van der Waals surface area contributed by atoms with E-state index in [4.69, 9.17) is 0 Å². The van der Waals surface area contributed by atoms with Crippen LogP contribution in [-0.2, 0) is 10.0 Å². The van der Waals surface area contributed by atoms with Crippen LogP contribution in [0.2, 0.25) is 0 Å². The fourth-order valence-electron chi connectivity index (χ4n) is 1.43. The van der Waals surface area contributed by atoms with Gasteiger partial charge in [0.1, 0.15) is 0 Å². The van der Waals surface area contributed by atoms with E-state index in [1.54, 1.807) is 0 Å². The van der Waals surface area contributed by atoms with E-state index in [1.165, 1.54) is 16.8 Å². The quantitative estimate of drug-likeness (QED) is 0.828. The molecule has 86 valence electrons. The maximum Gasteiger partial charge on any atom is 0.260 e. The Balaban J connectivity index is 3.04. The zero-order valence-corrected chi connectivity index (χ0v) is 10.1. The fraction of sp³-hybridized carbons (Fsp3) is 0.667. The molecule has 0 fully saturated rings. The Morgan fingerprint density at radius 2 is 2.20 bits per heavy atom. The Kier molecular flexibility index (Phi) is 3.87. The lowest BCUT2D eigenvalue weighted by molar-refractivity contribution is 0.341. The molecule has 1 heterocycles. The van der Waals surface area contributed by atoms with Crippen molar-refractivity contribution in [3.63, 3.8) is 0 Å². The van der Waals surface area contributed by atoms with Gasteiger partial charge in [-0.3, -0.25) is 0 Å². The second-order valence-electron chi connectivity index (χ2n) is 3.38. The zero-order valence-electron chi connectivity index (χ0n) is 9.27. The van der Waals surface area contributed by atoms with E-state index in [0.717, 1.165) is 6.42 Å². The van der Waals surface area contributed by atoms with Crippen molar-refractivity contribution >= 4 is 10.0 Å². The second kappa shape index (κ2) is 4.76. The number of imidazole rings is 1. The zero-order chi connectivity index (χ0) is 11.5. The van der Waals surface area contributed by atoms with Gasteiger partial charge in [0.15, 0.2) is 5.03 Å². The van der Waals surface area contributed by atoms with Crippen LogP contribution in [0.15, 0.2) is 17.6 Å². The van der Waals surface area contributed by atoms with Gasteiger partial charge >= 0.3 is 0 Å². The number of rotatable bonds is 5. The van der Waals surface area contributed by atoms with E-state index in [2.05, 4.69) is 9.97 Å². The van der Waals surface area contributed by atoms with E-state index in [0.29, 0.717) is 6.54 Å². The van der Waals surface area contributed by atoms with E-state index in [9.17, 15) is 8.42 Å². The first-order valence-electron chi connectivity index (χ1n) is 5.04. The summed E-state index contributed by atoms with van der Waals surface area (Å²) >= 11 is 0. The third-order valence-corrected chi connectivity index (χ3v) is 4.47. The van der Waals surface area contributed by atoms with E-state index in [1.807, 2.05) is 20.8 Å². The SMILES string of the molecule is CCC(C)N(CC)S(=O)(=O)c1cnc[nH]1. The first kappa shape index (κ1) is 12.2. The topological polar surface area (TPSA) is 66.1 Å². The lowest BCUT2D eigenvalue weighted by Crippen LogP contribution is -2.38. The Morgan fingerprint density at radius 3 is 2.60 bits per heavy atom. The van der Waals surface area contributed by atoms with Crippen molar-refractivity contribution in [3.8, 4) is 0 Å². The van der Waals surface area contributed by atoms with Gasteiger partial charge in [0, 0.05) is 12.6 Å². The van der Waals surface area contributed by atoms with Gasteiger partial charge in [-0.25, -0.2) is 13.4 Å². The van der Waals surface area contributed by atoms with E-state index < -0.39 is 10.0 Å². The standard InChI is InChI=1S/C9H17N3O2S/c1-4-8(3)12(5-2)15(13,14)9-6-10-7-11-9/h6-8H,4-5H2,1-3H3,(H,10,11). The predicted molar refractivity (Wildman–Crippen MR) is 57.9 cm³/mol. The molecular weight excluding hydrogens is 214 g/mol. The van der Waals surface area contributed by atoms with Gasteiger partial charge in [0.05, 0.1) is 12.5 Å². The number of aromatic nitrogens is 2. The molecule has 1 aromatic rings. The van der Waals surface area contributed by atoms with Crippen LogP contribution >= 0.6 is 0 Å². The highest BCUT2D eigenvalue weighted by Crippen LogP contribution is 2.16. The largest absolute Gasteiger partial charge is 0.335 e. The molecule has 1 atom stereocenters. The molecular formula is C9H17N3O2S. The molecule has 0 aliphatic rings. The molecule has 0 aliphatic carbocycles. The minimum absolute atomic E-state index is 0.00306. The molecule has 0 aliphatic heterocycles. The van der Waals surface area contributed by atoms with Crippen molar-refractivity contribution in [3.05, 3.63) is 12.5 Å². The first-order chi connectivity index (χ1) is 7.04. The molecule has 0 saturated heterocycles. The minimum Gasteiger partial charge on any atom is -0.335 e. The molecule has 6 heteroatoms. The molecule has 0 radical (unpaired) electrons. The molecule has 0 amide bonds. The van der Waals surface area contributed by atoms with Crippen molar-refractivity contribution in [1.82, 2.24) is 14.3 Å². The Labute approximate surface area is 90.6 Å². The summed E-state index contributed by atoms with van der Waals surface area (Å²) in [5, 5.41) is 0.157. The van der Waals surface area contributed by atoms with Crippen LogP contribution in [0.5, 0.6) is 0 Å². The molecule has 1 aromatic heterocycles. The van der Waals surface area contributed by atoms with Crippen LogP contribution in [0.25, 0.3) is 0 Å². The number of aromatic amines is 1. The third kappa shape index (κ3) is 2.38. The fourth-order valence-corrected chi connectivity index (χ4v) is 3.04. The average Bonchev–Trinajstić information content (AvgIpc) is 2.71. The molecule has 1 rings (SSSR count). The normalized spacial score (nSPS) is 14.4. The van der Waals surface area contributed by atoms with Crippen LogP contribution in [0.3, 0.4) is 0 Å². The van der Waals surface area contributed by atoms with Gasteiger partial charge in [-0.05, 0) is 13.3 Å². The third-order valence-electron chi connectivity index (χ3n) is 2.45. The smallest absolute Gasteiger partial charge is 0.260 e. The summed E-state index contributed by atoms with van der Waals surface area (Å²) < 4.78 is 25.6. The van der Waals surface area contributed by atoms with Crippen LogP contribution in [-0.4, -0.2) is 35.3 Å². The highest BCUT2D eigenvalue weighted by molar-refractivity contribution is 7.89. The van der Waals surface area contributed by atoms with Gasteiger partial charge in [-0.2, -0.15) is 4.31 Å².